The average Bonchev–Trinajstić information content (AvgIpc) is 2.43. The molecule has 0 aliphatic heterocycles. The lowest BCUT2D eigenvalue weighted by Gasteiger charge is -2.32. The Bertz CT molecular complexity index is 420. The van der Waals surface area contributed by atoms with Crippen LogP contribution < -0.4 is 5.32 Å². The molecule has 1 aromatic carbocycles. The smallest absolute Gasteiger partial charge is 0.242 e. The number of amides is 1. The Labute approximate surface area is 120 Å². The van der Waals surface area contributed by atoms with Crippen molar-refractivity contribution < 1.29 is 4.79 Å². The van der Waals surface area contributed by atoms with Gasteiger partial charge in [-0.15, -0.1) is 11.6 Å². The van der Waals surface area contributed by atoms with Crippen LogP contribution >= 0.6 is 11.6 Å². The lowest BCUT2D eigenvalue weighted by Crippen LogP contribution is -2.41. The molecule has 3 heteroatoms. The second kappa shape index (κ2) is 6.42. The molecular weight excluding hydrogens is 258 g/mol. The Kier molecular flexibility index (Phi) is 4.87. The van der Waals surface area contributed by atoms with Gasteiger partial charge < -0.3 is 5.32 Å². The SMILES string of the molecule is CC1CCC(NC(=O)C(Cl)c2ccccc2)CC1C. The molecule has 4 unspecified atom stereocenters. The average molecular weight is 280 g/mol. The van der Waals surface area contributed by atoms with Crippen molar-refractivity contribution in [2.45, 2.75) is 44.5 Å². The first-order valence-corrected chi connectivity index (χ1v) is 7.51. The second-order valence-corrected chi connectivity index (χ2v) is 6.18. The summed E-state index contributed by atoms with van der Waals surface area (Å²) in [6, 6.07) is 9.80. The molecular formula is C16H22ClNO. The number of hydrogen-bond donors (Lipinski definition) is 1. The highest BCUT2D eigenvalue weighted by atomic mass is 35.5. The van der Waals surface area contributed by atoms with E-state index in [9.17, 15) is 4.79 Å². The number of nitrogens with one attached hydrogen (secondary N) is 1. The first-order chi connectivity index (χ1) is 9.08. The van der Waals surface area contributed by atoms with Gasteiger partial charge in [-0.05, 0) is 36.7 Å². The van der Waals surface area contributed by atoms with E-state index in [4.69, 9.17) is 11.6 Å². The van der Waals surface area contributed by atoms with Crippen LogP contribution in [-0.4, -0.2) is 11.9 Å². The topological polar surface area (TPSA) is 29.1 Å². The largest absolute Gasteiger partial charge is 0.352 e. The molecule has 1 aliphatic rings. The van der Waals surface area contributed by atoms with Gasteiger partial charge in [-0.25, -0.2) is 0 Å². The maximum Gasteiger partial charge on any atom is 0.242 e. The minimum absolute atomic E-state index is 0.0698. The molecule has 0 saturated heterocycles. The third kappa shape index (κ3) is 3.73. The summed E-state index contributed by atoms with van der Waals surface area (Å²) in [7, 11) is 0. The molecule has 0 aromatic heterocycles. The van der Waals surface area contributed by atoms with Crippen LogP contribution in [0, 0.1) is 11.8 Å². The van der Waals surface area contributed by atoms with E-state index in [1.807, 2.05) is 30.3 Å². The fraction of sp³-hybridized carbons (Fsp3) is 0.562. The number of carbonyl (C=O) groups is 1. The van der Waals surface area contributed by atoms with Gasteiger partial charge in [0.25, 0.3) is 0 Å². The van der Waals surface area contributed by atoms with Crippen LogP contribution in [0.1, 0.15) is 44.1 Å². The van der Waals surface area contributed by atoms with Crippen LogP contribution in [0.25, 0.3) is 0 Å². The summed E-state index contributed by atoms with van der Waals surface area (Å²) in [5.41, 5.74) is 0.860. The van der Waals surface area contributed by atoms with E-state index in [1.54, 1.807) is 0 Å². The summed E-state index contributed by atoms with van der Waals surface area (Å²) >= 11 is 6.23. The van der Waals surface area contributed by atoms with E-state index in [0.29, 0.717) is 5.92 Å². The van der Waals surface area contributed by atoms with Crippen LogP contribution in [0.2, 0.25) is 0 Å². The molecule has 0 radical (unpaired) electrons. The molecule has 0 heterocycles. The van der Waals surface area contributed by atoms with Gasteiger partial charge in [0.2, 0.25) is 5.91 Å². The number of halogens is 1. The second-order valence-electron chi connectivity index (χ2n) is 5.75. The number of alkyl halides is 1. The maximum atomic E-state index is 12.2. The summed E-state index contributed by atoms with van der Waals surface area (Å²) in [6.45, 7) is 4.55. The Hall–Kier alpha value is -1.02. The summed E-state index contributed by atoms with van der Waals surface area (Å²) in [4.78, 5) is 12.2. The van der Waals surface area contributed by atoms with E-state index in [2.05, 4.69) is 19.2 Å². The first-order valence-electron chi connectivity index (χ1n) is 7.07. The number of hydrogen-bond acceptors (Lipinski definition) is 1. The molecule has 4 atom stereocenters. The van der Waals surface area contributed by atoms with E-state index in [1.165, 1.54) is 6.42 Å². The van der Waals surface area contributed by atoms with Crippen molar-refractivity contribution in [1.29, 1.82) is 0 Å². The summed E-state index contributed by atoms with van der Waals surface area (Å²) in [5, 5.41) is 2.51. The lowest BCUT2D eigenvalue weighted by atomic mass is 9.79. The molecule has 1 N–H and O–H groups in total. The van der Waals surface area contributed by atoms with Gasteiger partial charge in [0.05, 0.1) is 0 Å². The molecule has 1 fully saturated rings. The van der Waals surface area contributed by atoms with Crippen molar-refractivity contribution in [1.82, 2.24) is 5.32 Å². The van der Waals surface area contributed by atoms with Crippen LogP contribution in [0.4, 0.5) is 0 Å². The zero-order chi connectivity index (χ0) is 13.8. The van der Waals surface area contributed by atoms with Gasteiger partial charge in [-0.1, -0.05) is 44.2 Å². The Morgan fingerprint density at radius 2 is 1.89 bits per heavy atom. The van der Waals surface area contributed by atoms with Gasteiger partial charge in [-0.3, -0.25) is 4.79 Å². The molecule has 2 rings (SSSR count). The summed E-state index contributed by atoms with van der Waals surface area (Å²) in [6.07, 6.45) is 3.31. The molecule has 1 amide bonds. The third-order valence-electron chi connectivity index (χ3n) is 4.27. The van der Waals surface area contributed by atoms with Gasteiger partial charge in [0, 0.05) is 6.04 Å². The number of benzene rings is 1. The van der Waals surface area contributed by atoms with E-state index in [-0.39, 0.29) is 11.9 Å². The third-order valence-corrected chi connectivity index (χ3v) is 4.72. The molecule has 0 spiro atoms. The number of carbonyl (C=O) groups excluding carboxylic acids is 1. The van der Waals surface area contributed by atoms with Crippen LogP contribution in [0.15, 0.2) is 30.3 Å². The Morgan fingerprint density at radius 3 is 2.53 bits per heavy atom. The zero-order valence-electron chi connectivity index (χ0n) is 11.6. The Balaban J connectivity index is 1.91. The van der Waals surface area contributed by atoms with Gasteiger partial charge in [-0.2, -0.15) is 0 Å². The Morgan fingerprint density at radius 1 is 1.21 bits per heavy atom. The molecule has 1 aromatic rings. The van der Waals surface area contributed by atoms with Crippen molar-refractivity contribution in [2.24, 2.45) is 11.8 Å². The predicted octanol–water partition coefficient (Wildman–Crippen LogP) is 3.91. The minimum Gasteiger partial charge on any atom is -0.352 e. The molecule has 104 valence electrons. The predicted molar refractivity (Wildman–Crippen MR) is 79.1 cm³/mol. The summed E-state index contributed by atoms with van der Waals surface area (Å²) < 4.78 is 0. The monoisotopic (exact) mass is 279 g/mol. The van der Waals surface area contributed by atoms with Gasteiger partial charge >= 0.3 is 0 Å². The fourth-order valence-electron chi connectivity index (χ4n) is 2.73. The van der Waals surface area contributed by atoms with Crippen molar-refractivity contribution >= 4 is 17.5 Å². The highest BCUT2D eigenvalue weighted by Crippen LogP contribution is 2.30. The van der Waals surface area contributed by atoms with E-state index < -0.39 is 5.38 Å². The van der Waals surface area contributed by atoms with Crippen molar-refractivity contribution in [2.75, 3.05) is 0 Å². The maximum absolute atomic E-state index is 12.2. The minimum atomic E-state index is -0.587. The van der Waals surface area contributed by atoms with Crippen molar-refractivity contribution in [3.05, 3.63) is 35.9 Å². The first kappa shape index (κ1) is 14.4. The zero-order valence-corrected chi connectivity index (χ0v) is 12.4. The molecule has 0 bridgehead atoms. The molecule has 19 heavy (non-hydrogen) atoms. The standard InChI is InChI=1S/C16H22ClNO/c1-11-8-9-14(10-12(11)2)18-16(19)15(17)13-6-4-3-5-7-13/h3-7,11-12,14-15H,8-10H2,1-2H3,(H,18,19). The molecule has 2 nitrogen and oxygen atoms in total. The van der Waals surface area contributed by atoms with Crippen LogP contribution in [0.5, 0.6) is 0 Å². The van der Waals surface area contributed by atoms with Crippen LogP contribution in [0.3, 0.4) is 0 Å². The highest BCUT2D eigenvalue weighted by molar-refractivity contribution is 6.30. The summed E-state index contributed by atoms with van der Waals surface area (Å²) in [5.74, 6) is 1.36. The molecule has 1 aliphatic carbocycles. The van der Waals surface area contributed by atoms with E-state index >= 15 is 0 Å². The van der Waals surface area contributed by atoms with E-state index in [0.717, 1.165) is 24.3 Å². The molecule has 1 saturated carbocycles. The van der Waals surface area contributed by atoms with Crippen molar-refractivity contribution in [3.63, 3.8) is 0 Å². The highest BCUT2D eigenvalue weighted by Gasteiger charge is 2.27. The number of rotatable bonds is 3. The fourth-order valence-corrected chi connectivity index (χ4v) is 2.93. The van der Waals surface area contributed by atoms with Gasteiger partial charge in [0.15, 0.2) is 0 Å². The lowest BCUT2D eigenvalue weighted by molar-refractivity contribution is -0.121. The van der Waals surface area contributed by atoms with Gasteiger partial charge in [0.1, 0.15) is 5.38 Å². The van der Waals surface area contributed by atoms with Crippen molar-refractivity contribution in [3.8, 4) is 0 Å². The normalized spacial score (nSPS) is 28.7. The van der Waals surface area contributed by atoms with Crippen LogP contribution in [-0.2, 0) is 4.79 Å². The quantitative estimate of drug-likeness (QED) is 0.835.